The average molecular weight is 577 g/mol. The highest BCUT2D eigenvalue weighted by atomic mass is 35.5. The molecule has 0 radical (unpaired) electrons. The Kier molecular flexibility index (Phi) is 10.2. The van der Waals surface area contributed by atoms with Gasteiger partial charge < -0.3 is 10.2 Å². The first-order chi connectivity index (χ1) is 18.0. The smallest absolute Gasteiger partial charge is 0.264 e. The SMILES string of the molecule is CC(C)CNC(=O)[C@@H](C)N(Cc1ccc(Cl)c(Cl)c1)C(=O)CN(c1ccccc1)S(=O)(=O)c1ccccc1. The van der Waals surface area contributed by atoms with E-state index in [1.54, 1.807) is 73.7 Å². The zero-order valence-corrected chi connectivity index (χ0v) is 23.8. The van der Waals surface area contributed by atoms with Gasteiger partial charge in [-0.2, -0.15) is 0 Å². The molecule has 38 heavy (non-hydrogen) atoms. The zero-order valence-electron chi connectivity index (χ0n) is 21.5. The van der Waals surface area contributed by atoms with E-state index in [1.165, 1.54) is 17.0 Å². The van der Waals surface area contributed by atoms with E-state index in [0.29, 0.717) is 27.8 Å². The summed E-state index contributed by atoms with van der Waals surface area (Å²) >= 11 is 12.3. The monoisotopic (exact) mass is 575 g/mol. The molecule has 7 nitrogen and oxygen atoms in total. The average Bonchev–Trinajstić information content (AvgIpc) is 2.91. The van der Waals surface area contributed by atoms with Crippen molar-refractivity contribution >= 4 is 50.7 Å². The Balaban J connectivity index is 1.99. The molecular weight excluding hydrogens is 545 g/mol. The van der Waals surface area contributed by atoms with Crippen molar-refractivity contribution in [3.05, 3.63) is 94.5 Å². The van der Waals surface area contributed by atoms with Crippen molar-refractivity contribution in [2.45, 2.75) is 38.3 Å². The molecule has 0 spiro atoms. The van der Waals surface area contributed by atoms with Crippen molar-refractivity contribution in [1.29, 1.82) is 0 Å². The predicted molar refractivity (Wildman–Crippen MR) is 152 cm³/mol. The van der Waals surface area contributed by atoms with Crippen LogP contribution in [0.3, 0.4) is 0 Å². The molecule has 0 saturated heterocycles. The van der Waals surface area contributed by atoms with Crippen LogP contribution in [0.1, 0.15) is 26.3 Å². The second-order valence-electron chi connectivity index (χ2n) is 9.25. The molecule has 0 aliphatic carbocycles. The van der Waals surface area contributed by atoms with Crippen molar-refractivity contribution in [3.63, 3.8) is 0 Å². The molecule has 0 fully saturated rings. The molecule has 0 bridgehead atoms. The second kappa shape index (κ2) is 13.1. The van der Waals surface area contributed by atoms with Crippen LogP contribution >= 0.6 is 23.2 Å². The summed E-state index contributed by atoms with van der Waals surface area (Å²) in [7, 11) is -4.09. The lowest BCUT2D eigenvalue weighted by molar-refractivity contribution is -0.139. The number of carbonyl (C=O) groups excluding carboxylic acids is 2. The van der Waals surface area contributed by atoms with Crippen molar-refractivity contribution < 1.29 is 18.0 Å². The van der Waals surface area contributed by atoms with E-state index in [9.17, 15) is 18.0 Å². The Bertz CT molecular complexity index is 1350. The first kappa shape index (κ1) is 29.5. The van der Waals surface area contributed by atoms with Crippen LogP contribution in [0.5, 0.6) is 0 Å². The minimum absolute atomic E-state index is 0.0278. The molecular formula is C28H31Cl2N3O4S. The number of rotatable bonds is 11. The van der Waals surface area contributed by atoms with Crippen LogP contribution in [0.4, 0.5) is 5.69 Å². The topological polar surface area (TPSA) is 86.8 Å². The van der Waals surface area contributed by atoms with Gasteiger partial charge in [0.15, 0.2) is 0 Å². The highest BCUT2D eigenvalue weighted by molar-refractivity contribution is 7.92. The third-order valence-electron chi connectivity index (χ3n) is 5.84. The molecule has 1 atom stereocenters. The van der Waals surface area contributed by atoms with E-state index in [1.807, 2.05) is 13.8 Å². The third-order valence-corrected chi connectivity index (χ3v) is 8.37. The van der Waals surface area contributed by atoms with Gasteiger partial charge >= 0.3 is 0 Å². The van der Waals surface area contributed by atoms with Crippen molar-refractivity contribution in [1.82, 2.24) is 10.2 Å². The molecule has 0 heterocycles. The fraction of sp³-hybridized carbons (Fsp3) is 0.286. The van der Waals surface area contributed by atoms with Crippen LogP contribution in [-0.4, -0.2) is 44.3 Å². The van der Waals surface area contributed by atoms with E-state index >= 15 is 0 Å². The van der Waals surface area contributed by atoms with E-state index < -0.39 is 28.5 Å². The lowest BCUT2D eigenvalue weighted by Crippen LogP contribution is -2.51. The van der Waals surface area contributed by atoms with Crippen molar-refractivity contribution in [2.75, 3.05) is 17.4 Å². The number of amides is 2. The summed E-state index contributed by atoms with van der Waals surface area (Å²) in [5.74, 6) is -0.675. The Morgan fingerprint density at radius 1 is 0.868 bits per heavy atom. The molecule has 0 unspecified atom stereocenters. The quantitative estimate of drug-likeness (QED) is 0.332. The van der Waals surface area contributed by atoms with Crippen LogP contribution in [0.25, 0.3) is 0 Å². The molecule has 202 valence electrons. The van der Waals surface area contributed by atoms with E-state index in [2.05, 4.69) is 5.32 Å². The molecule has 0 aliphatic heterocycles. The largest absolute Gasteiger partial charge is 0.354 e. The number of sulfonamides is 1. The molecule has 3 aromatic rings. The maximum absolute atomic E-state index is 13.8. The Morgan fingerprint density at radius 3 is 2.05 bits per heavy atom. The molecule has 0 aromatic heterocycles. The minimum atomic E-state index is -4.09. The summed E-state index contributed by atoms with van der Waals surface area (Å²) in [5.41, 5.74) is 0.976. The Morgan fingerprint density at radius 2 is 1.47 bits per heavy atom. The van der Waals surface area contributed by atoms with Crippen LogP contribution in [-0.2, 0) is 26.2 Å². The van der Waals surface area contributed by atoms with Gasteiger partial charge in [0.05, 0.1) is 20.6 Å². The van der Waals surface area contributed by atoms with Gasteiger partial charge in [0.25, 0.3) is 10.0 Å². The second-order valence-corrected chi connectivity index (χ2v) is 11.9. The predicted octanol–water partition coefficient (Wildman–Crippen LogP) is 5.38. The van der Waals surface area contributed by atoms with Gasteiger partial charge in [0, 0.05) is 13.1 Å². The van der Waals surface area contributed by atoms with Crippen molar-refractivity contribution in [2.24, 2.45) is 5.92 Å². The summed E-state index contributed by atoms with van der Waals surface area (Å²) in [5, 5.41) is 3.53. The lowest BCUT2D eigenvalue weighted by atomic mass is 10.1. The van der Waals surface area contributed by atoms with Crippen LogP contribution in [0, 0.1) is 5.92 Å². The Hall–Kier alpha value is -3.07. The van der Waals surface area contributed by atoms with E-state index in [-0.39, 0.29) is 23.3 Å². The van der Waals surface area contributed by atoms with Gasteiger partial charge in [-0.25, -0.2) is 8.42 Å². The highest BCUT2D eigenvalue weighted by Crippen LogP contribution is 2.26. The number of nitrogens with one attached hydrogen (secondary N) is 1. The molecule has 0 saturated carbocycles. The maximum Gasteiger partial charge on any atom is 0.264 e. The first-order valence-electron chi connectivity index (χ1n) is 12.1. The molecule has 3 rings (SSSR count). The number of para-hydroxylation sites is 1. The van der Waals surface area contributed by atoms with Gasteiger partial charge in [-0.3, -0.25) is 13.9 Å². The van der Waals surface area contributed by atoms with Crippen LogP contribution in [0.2, 0.25) is 10.0 Å². The summed E-state index contributed by atoms with van der Waals surface area (Å²) in [6, 6.07) is 20.4. The van der Waals surface area contributed by atoms with Gasteiger partial charge in [0.2, 0.25) is 11.8 Å². The molecule has 1 N–H and O–H groups in total. The zero-order chi connectivity index (χ0) is 27.9. The normalized spacial score (nSPS) is 12.2. The fourth-order valence-corrected chi connectivity index (χ4v) is 5.47. The molecule has 3 aromatic carbocycles. The number of benzene rings is 3. The van der Waals surface area contributed by atoms with Gasteiger partial charge in [0.1, 0.15) is 12.6 Å². The van der Waals surface area contributed by atoms with Gasteiger partial charge in [-0.1, -0.05) is 79.5 Å². The van der Waals surface area contributed by atoms with Gasteiger partial charge in [-0.05, 0) is 54.8 Å². The number of hydrogen-bond acceptors (Lipinski definition) is 4. The minimum Gasteiger partial charge on any atom is -0.354 e. The molecule has 10 heteroatoms. The molecule has 0 aliphatic rings. The van der Waals surface area contributed by atoms with Crippen LogP contribution in [0.15, 0.2) is 83.8 Å². The Labute approximate surface area is 234 Å². The highest BCUT2D eigenvalue weighted by Gasteiger charge is 2.32. The fourth-order valence-electron chi connectivity index (χ4n) is 3.71. The number of carbonyl (C=O) groups is 2. The van der Waals surface area contributed by atoms with Gasteiger partial charge in [-0.15, -0.1) is 0 Å². The van der Waals surface area contributed by atoms with E-state index in [0.717, 1.165) is 4.31 Å². The first-order valence-corrected chi connectivity index (χ1v) is 14.3. The number of anilines is 1. The third kappa shape index (κ3) is 7.49. The van der Waals surface area contributed by atoms with E-state index in [4.69, 9.17) is 23.2 Å². The summed E-state index contributed by atoms with van der Waals surface area (Å²) in [4.78, 5) is 28.2. The standard InChI is InChI=1S/C28H31Cl2N3O4S/c1-20(2)17-31-28(35)21(3)32(18-22-14-15-25(29)26(30)16-22)27(34)19-33(23-10-6-4-7-11-23)38(36,37)24-12-8-5-9-13-24/h4-16,20-21H,17-19H2,1-3H3,(H,31,35)/t21-/m1/s1. The summed E-state index contributed by atoms with van der Waals surface area (Å²) in [6.45, 7) is 5.51. The summed E-state index contributed by atoms with van der Waals surface area (Å²) in [6.07, 6.45) is 0. The lowest BCUT2D eigenvalue weighted by Gasteiger charge is -2.32. The molecule has 2 amide bonds. The number of nitrogens with zero attached hydrogens (tertiary/aromatic N) is 2. The maximum atomic E-state index is 13.8. The number of halogens is 2. The number of hydrogen-bond donors (Lipinski definition) is 1. The van der Waals surface area contributed by atoms with Crippen molar-refractivity contribution in [3.8, 4) is 0 Å². The van der Waals surface area contributed by atoms with Crippen LogP contribution < -0.4 is 9.62 Å². The summed E-state index contributed by atoms with van der Waals surface area (Å²) < 4.78 is 28.4.